The van der Waals surface area contributed by atoms with E-state index in [1.54, 1.807) is 36.4 Å². The van der Waals surface area contributed by atoms with Crippen LogP contribution in [0.5, 0.6) is 0 Å². The van der Waals surface area contributed by atoms with Gasteiger partial charge >= 0.3 is 11.4 Å². The molecule has 3 rings (SSSR count). The van der Waals surface area contributed by atoms with Gasteiger partial charge in [0.05, 0.1) is 5.69 Å². The summed E-state index contributed by atoms with van der Waals surface area (Å²) in [6.07, 6.45) is 0.789. The van der Waals surface area contributed by atoms with Crippen LogP contribution in [0.2, 0.25) is 0 Å². The van der Waals surface area contributed by atoms with E-state index in [0.29, 0.717) is 24.1 Å². The van der Waals surface area contributed by atoms with Gasteiger partial charge in [0.1, 0.15) is 0 Å². The zero-order chi connectivity index (χ0) is 16.9. The lowest BCUT2D eigenvalue weighted by atomic mass is 10.1. The average Bonchev–Trinajstić information content (AvgIpc) is 2.90. The molecule has 0 saturated carbocycles. The number of aryl methyl sites for hydroxylation is 1. The summed E-state index contributed by atoms with van der Waals surface area (Å²) in [4.78, 5) is 36.4. The van der Waals surface area contributed by atoms with Crippen LogP contribution in [-0.2, 0) is 6.54 Å². The molecule has 0 aliphatic heterocycles. The van der Waals surface area contributed by atoms with Gasteiger partial charge in [-0.15, -0.1) is 0 Å². The molecule has 0 radical (unpaired) electrons. The molecule has 0 saturated heterocycles. The molecule has 0 unspecified atom stereocenters. The average molecular weight is 323 g/mol. The van der Waals surface area contributed by atoms with Crippen LogP contribution in [0.1, 0.15) is 23.2 Å². The van der Waals surface area contributed by atoms with Crippen LogP contribution in [-0.4, -0.2) is 20.1 Å². The first kappa shape index (κ1) is 15.7. The van der Waals surface area contributed by atoms with Gasteiger partial charge in [-0.25, -0.2) is 23.9 Å². The van der Waals surface area contributed by atoms with Crippen LogP contribution in [0.25, 0.3) is 5.69 Å². The van der Waals surface area contributed by atoms with Gasteiger partial charge < -0.3 is 0 Å². The summed E-state index contributed by atoms with van der Waals surface area (Å²) in [7, 11) is 0. The van der Waals surface area contributed by atoms with Crippen LogP contribution < -0.4 is 11.4 Å². The van der Waals surface area contributed by atoms with Gasteiger partial charge in [0.15, 0.2) is 5.78 Å². The number of hydrogen-bond donors (Lipinski definition) is 1. The molecule has 6 heteroatoms. The van der Waals surface area contributed by atoms with E-state index in [9.17, 15) is 14.4 Å². The summed E-state index contributed by atoms with van der Waals surface area (Å²) in [5.74, 6) is 0.0217. The van der Waals surface area contributed by atoms with Crippen molar-refractivity contribution in [1.82, 2.24) is 14.3 Å². The van der Waals surface area contributed by atoms with Crippen molar-refractivity contribution in [2.75, 3.05) is 0 Å². The quantitative estimate of drug-likeness (QED) is 0.705. The third-order valence-electron chi connectivity index (χ3n) is 3.75. The Hall–Kier alpha value is -3.15. The van der Waals surface area contributed by atoms with Crippen molar-refractivity contribution in [2.45, 2.75) is 19.4 Å². The maximum Gasteiger partial charge on any atom is 0.351 e. The lowest BCUT2D eigenvalue weighted by Crippen LogP contribution is -2.27. The third kappa shape index (κ3) is 3.27. The zero-order valence-electron chi connectivity index (χ0n) is 13.0. The maximum absolute atomic E-state index is 12.3. The first-order chi connectivity index (χ1) is 11.7. The number of H-pyrrole nitrogens is 1. The summed E-state index contributed by atoms with van der Waals surface area (Å²) in [5, 5.41) is 2.53. The molecule has 2 aromatic carbocycles. The monoisotopic (exact) mass is 323 g/mol. The van der Waals surface area contributed by atoms with Gasteiger partial charge in [-0.05, 0) is 18.6 Å². The first-order valence-electron chi connectivity index (χ1n) is 7.72. The summed E-state index contributed by atoms with van der Waals surface area (Å²) in [6.45, 7) is 0.284. The Kier molecular flexibility index (Phi) is 4.56. The Morgan fingerprint density at radius 2 is 1.54 bits per heavy atom. The molecule has 0 aliphatic rings. The van der Waals surface area contributed by atoms with Crippen LogP contribution in [0.15, 0.2) is 70.3 Å². The number of para-hydroxylation sites is 1. The number of aromatic amines is 1. The minimum Gasteiger partial charge on any atom is -0.294 e. The summed E-state index contributed by atoms with van der Waals surface area (Å²) in [6, 6.07) is 17.7. The SMILES string of the molecule is O=C(CCCn1[nH]c(=O)n(-c2ccccc2)c1=O)c1ccccc1. The topological polar surface area (TPSA) is 76.9 Å². The van der Waals surface area contributed by atoms with Crippen LogP contribution in [0.3, 0.4) is 0 Å². The molecule has 24 heavy (non-hydrogen) atoms. The number of Topliss-reactive ketones (excluding diaryl/α,β-unsaturated/α-hetero) is 1. The molecule has 122 valence electrons. The van der Waals surface area contributed by atoms with Crippen molar-refractivity contribution in [2.24, 2.45) is 0 Å². The van der Waals surface area contributed by atoms with Crippen LogP contribution in [0, 0.1) is 0 Å². The van der Waals surface area contributed by atoms with E-state index in [0.717, 1.165) is 4.57 Å². The number of hydrogen-bond acceptors (Lipinski definition) is 3. The standard InChI is InChI=1S/C18H17N3O3/c22-16(14-8-3-1-4-9-14)12-7-13-20-18(24)21(17(23)19-20)15-10-5-2-6-11-15/h1-6,8-11H,7,12-13H2,(H,19,23). The highest BCUT2D eigenvalue weighted by Gasteiger charge is 2.11. The Morgan fingerprint density at radius 3 is 2.21 bits per heavy atom. The Balaban J connectivity index is 1.70. The molecule has 0 amide bonds. The fourth-order valence-electron chi connectivity index (χ4n) is 2.54. The number of benzene rings is 2. The molecule has 1 heterocycles. The minimum atomic E-state index is -0.486. The molecule has 0 fully saturated rings. The Morgan fingerprint density at radius 1 is 0.917 bits per heavy atom. The number of rotatable bonds is 6. The van der Waals surface area contributed by atoms with Crippen molar-refractivity contribution >= 4 is 5.78 Å². The van der Waals surface area contributed by atoms with Gasteiger partial charge in [0, 0.05) is 18.5 Å². The fourth-order valence-corrected chi connectivity index (χ4v) is 2.54. The van der Waals surface area contributed by atoms with Gasteiger partial charge in [-0.3, -0.25) is 4.79 Å². The van der Waals surface area contributed by atoms with Crippen LogP contribution in [0.4, 0.5) is 0 Å². The normalized spacial score (nSPS) is 10.7. The second-order valence-electron chi connectivity index (χ2n) is 5.41. The molecule has 0 spiro atoms. The fraction of sp³-hybridized carbons (Fsp3) is 0.167. The first-order valence-corrected chi connectivity index (χ1v) is 7.72. The second kappa shape index (κ2) is 6.95. The minimum absolute atomic E-state index is 0.0217. The molecule has 1 N–H and O–H groups in total. The predicted molar refractivity (Wildman–Crippen MR) is 90.7 cm³/mol. The van der Waals surface area contributed by atoms with Gasteiger partial charge in [0.2, 0.25) is 0 Å². The van der Waals surface area contributed by atoms with E-state index < -0.39 is 11.4 Å². The zero-order valence-corrected chi connectivity index (χ0v) is 13.0. The Labute approximate surface area is 138 Å². The summed E-state index contributed by atoms with van der Waals surface area (Å²) in [5.41, 5.74) is 0.252. The number of nitrogens with one attached hydrogen (secondary N) is 1. The highest BCUT2D eigenvalue weighted by atomic mass is 16.2. The van der Waals surface area contributed by atoms with E-state index in [4.69, 9.17) is 0 Å². The van der Waals surface area contributed by atoms with Crippen molar-refractivity contribution in [3.8, 4) is 5.69 Å². The predicted octanol–water partition coefficient (Wildman–Crippen LogP) is 1.99. The Bertz CT molecular complexity index is 937. The van der Waals surface area contributed by atoms with Crippen molar-refractivity contribution in [3.63, 3.8) is 0 Å². The van der Waals surface area contributed by atoms with E-state index in [1.807, 2.05) is 24.3 Å². The number of carbonyl (C=O) groups excluding carboxylic acids is 1. The maximum atomic E-state index is 12.3. The van der Waals surface area contributed by atoms with Gasteiger partial charge in [0.25, 0.3) is 0 Å². The van der Waals surface area contributed by atoms with E-state index >= 15 is 0 Å². The lowest BCUT2D eigenvalue weighted by Gasteiger charge is -2.02. The highest BCUT2D eigenvalue weighted by Crippen LogP contribution is 2.05. The smallest absolute Gasteiger partial charge is 0.294 e. The number of ketones is 1. The molecular weight excluding hydrogens is 306 g/mol. The van der Waals surface area contributed by atoms with Gasteiger partial charge in [-0.1, -0.05) is 48.5 Å². The number of carbonyl (C=O) groups is 1. The molecule has 6 nitrogen and oxygen atoms in total. The van der Waals surface area contributed by atoms with Gasteiger partial charge in [-0.2, -0.15) is 0 Å². The largest absolute Gasteiger partial charge is 0.351 e. The molecule has 0 atom stereocenters. The molecular formula is C18H17N3O3. The molecule has 0 aliphatic carbocycles. The molecule has 1 aromatic heterocycles. The van der Waals surface area contributed by atoms with Crippen molar-refractivity contribution in [3.05, 3.63) is 87.2 Å². The highest BCUT2D eigenvalue weighted by molar-refractivity contribution is 5.95. The van der Waals surface area contributed by atoms with Crippen molar-refractivity contribution < 1.29 is 4.79 Å². The molecule has 3 aromatic rings. The summed E-state index contributed by atoms with van der Waals surface area (Å²) >= 11 is 0. The third-order valence-corrected chi connectivity index (χ3v) is 3.75. The second-order valence-corrected chi connectivity index (χ2v) is 5.41. The van der Waals surface area contributed by atoms with E-state index in [-0.39, 0.29) is 12.3 Å². The summed E-state index contributed by atoms with van der Waals surface area (Å²) < 4.78 is 2.33. The number of nitrogens with zero attached hydrogens (tertiary/aromatic N) is 2. The lowest BCUT2D eigenvalue weighted by molar-refractivity contribution is 0.0978. The molecule has 0 bridgehead atoms. The van der Waals surface area contributed by atoms with Crippen LogP contribution >= 0.6 is 0 Å². The van der Waals surface area contributed by atoms with E-state index in [1.165, 1.54) is 4.68 Å². The number of aromatic nitrogens is 3. The van der Waals surface area contributed by atoms with E-state index in [2.05, 4.69) is 5.10 Å². The van der Waals surface area contributed by atoms with Crippen molar-refractivity contribution in [1.29, 1.82) is 0 Å².